The molecule has 1 aliphatic heterocycles. The van der Waals surface area contributed by atoms with Crippen molar-refractivity contribution in [3.63, 3.8) is 0 Å². The summed E-state index contributed by atoms with van der Waals surface area (Å²) in [6.45, 7) is 5.96. The van der Waals surface area contributed by atoms with Gasteiger partial charge in [0.1, 0.15) is 5.84 Å². The molecule has 0 aliphatic carbocycles. The van der Waals surface area contributed by atoms with Crippen molar-refractivity contribution in [3.8, 4) is 0 Å². The van der Waals surface area contributed by atoms with E-state index in [0.29, 0.717) is 13.0 Å². The summed E-state index contributed by atoms with van der Waals surface area (Å²) in [6, 6.07) is 0. The molecule has 106 valence electrons. The molecule has 0 atom stereocenters. The van der Waals surface area contributed by atoms with Gasteiger partial charge in [-0.3, -0.25) is 0 Å². The zero-order chi connectivity index (χ0) is 13.8. The van der Waals surface area contributed by atoms with Crippen molar-refractivity contribution in [2.24, 2.45) is 16.3 Å². The Morgan fingerprint density at radius 3 is 2.67 bits per heavy atom. The van der Waals surface area contributed by atoms with Gasteiger partial charge in [-0.1, -0.05) is 19.0 Å². The molecule has 1 aliphatic rings. The van der Waals surface area contributed by atoms with E-state index in [-0.39, 0.29) is 22.8 Å². The molecule has 0 unspecified atom stereocenters. The predicted molar refractivity (Wildman–Crippen MR) is 71.5 cm³/mol. The van der Waals surface area contributed by atoms with Gasteiger partial charge in [0, 0.05) is 12.0 Å². The molecule has 6 nitrogen and oxygen atoms in total. The number of sulfone groups is 1. The van der Waals surface area contributed by atoms with Crippen LogP contribution < -0.4 is 5.73 Å². The minimum Gasteiger partial charge on any atom is -0.409 e. The lowest BCUT2D eigenvalue weighted by molar-refractivity contribution is 0.255. The lowest BCUT2D eigenvalue weighted by Crippen LogP contribution is -2.37. The third-order valence-electron chi connectivity index (χ3n) is 3.50. The molecule has 0 radical (unpaired) electrons. The molecule has 18 heavy (non-hydrogen) atoms. The Morgan fingerprint density at radius 2 is 2.06 bits per heavy atom. The van der Waals surface area contributed by atoms with E-state index in [2.05, 4.69) is 10.1 Å². The topological polar surface area (TPSA) is 96.0 Å². The van der Waals surface area contributed by atoms with Crippen LogP contribution in [-0.2, 0) is 9.84 Å². The van der Waals surface area contributed by atoms with E-state index in [1.54, 1.807) is 0 Å². The minimum absolute atomic E-state index is 0.213. The van der Waals surface area contributed by atoms with E-state index in [1.165, 1.54) is 0 Å². The van der Waals surface area contributed by atoms with E-state index in [4.69, 9.17) is 10.9 Å². The molecule has 1 rings (SSSR count). The van der Waals surface area contributed by atoms with Crippen LogP contribution in [0.25, 0.3) is 0 Å². The zero-order valence-corrected chi connectivity index (χ0v) is 11.9. The highest BCUT2D eigenvalue weighted by Gasteiger charge is 2.26. The highest BCUT2D eigenvalue weighted by atomic mass is 32.2. The maximum atomic E-state index is 11.5. The predicted octanol–water partition coefficient (Wildman–Crippen LogP) is 0.270. The van der Waals surface area contributed by atoms with Gasteiger partial charge in [0.05, 0.1) is 11.5 Å². The average Bonchev–Trinajstić information content (AvgIpc) is 2.46. The highest BCUT2D eigenvalue weighted by molar-refractivity contribution is 7.91. The van der Waals surface area contributed by atoms with E-state index in [9.17, 15) is 8.42 Å². The fourth-order valence-electron chi connectivity index (χ4n) is 1.91. The first-order valence-electron chi connectivity index (χ1n) is 6.18. The molecule has 1 saturated heterocycles. The lowest BCUT2D eigenvalue weighted by atomic mass is 9.88. The van der Waals surface area contributed by atoms with Gasteiger partial charge in [-0.2, -0.15) is 0 Å². The molecule has 0 aromatic carbocycles. The van der Waals surface area contributed by atoms with Crippen molar-refractivity contribution in [2.45, 2.75) is 26.7 Å². The van der Waals surface area contributed by atoms with Gasteiger partial charge >= 0.3 is 0 Å². The number of hydrogen-bond acceptors (Lipinski definition) is 5. The second-order valence-electron chi connectivity index (χ2n) is 5.47. The summed E-state index contributed by atoms with van der Waals surface area (Å²) in [5.41, 5.74) is 5.25. The summed E-state index contributed by atoms with van der Waals surface area (Å²) in [6.07, 6.45) is 1.43. The summed E-state index contributed by atoms with van der Waals surface area (Å²) in [5, 5.41) is 11.7. The zero-order valence-electron chi connectivity index (χ0n) is 11.1. The van der Waals surface area contributed by atoms with Crippen LogP contribution in [0.15, 0.2) is 5.16 Å². The summed E-state index contributed by atoms with van der Waals surface area (Å²) >= 11 is 0. The van der Waals surface area contributed by atoms with Gasteiger partial charge in [0.25, 0.3) is 0 Å². The Morgan fingerprint density at radius 1 is 1.39 bits per heavy atom. The number of amidine groups is 1. The maximum Gasteiger partial charge on any atom is 0.151 e. The fourth-order valence-corrected chi connectivity index (χ4v) is 3.22. The molecule has 0 aromatic rings. The number of hydrogen-bond donors (Lipinski definition) is 2. The standard InChI is InChI=1S/C11H23N3O3S/c1-11(2,10(12)13-15)4-6-14-5-3-8-18(16,17)9-7-14/h15H,3-9H2,1-2H3,(H2,12,13). The molecule has 0 saturated carbocycles. The van der Waals surface area contributed by atoms with Crippen LogP contribution in [0.1, 0.15) is 26.7 Å². The van der Waals surface area contributed by atoms with Gasteiger partial charge in [-0.15, -0.1) is 0 Å². The highest BCUT2D eigenvalue weighted by Crippen LogP contribution is 2.21. The van der Waals surface area contributed by atoms with Crippen molar-refractivity contribution >= 4 is 15.7 Å². The quantitative estimate of drug-likeness (QED) is 0.333. The summed E-state index contributed by atoms with van der Waals surface area (Å²) in [7, 11) is -2.86. The second-order valence-corrected chi connectivity index (χ2v) is 7.77. The van der Waals surface area contributed by atoms with Gasteiger partial charge in [-0.05, 0) is 25.9 Å². The van der Waals surface area contributed by atoms with Crippen molar-refractivity contribution in [2.75, 3.05) is 31.1 Å². The maximum absolute atomic E-state index is 11.5. The minimum atomic E-state index is -2.86. The van der Waals surface area contributed by atoms with Crippen molar-refractivity contribution in [1.29, 1.82) is 0 Å². The van der Waals surface area contributed by atoms with E-state index in [1.807, 2.05) is 13.8 Å². The number of nitrogens with two attached hydrogens (primary N) is 1. The average molecular weight is 277 g/mol. The third kappa shape index (κ3) is 4.45. The second kappa shape index (κ2) is 5.88. The summed E-state index contributed by atoms with van der Waals surface area (Å²) in [5.74, 6) is 0.731. The van der Waals surface area contributed by atoms with E-state index in [0.717, 1.165) is 19.5 Å². The van der Waals surface area contributed by atoms with Crippen LogP contribution in [-0.4, -0.2) is 55.5 Å². The summed E-state index contributed by atoms with van der Waals surface area (Å²) in [4.78, 5) is 2.14. The molecule has 0 amide bonds. The van der Waals surface area contributed by atoms with Crippen LogP contribution in [0.2, 0.25) is 0 Å². The van der Waals surface area contributed by atoms with Crippen LogP contribution in [0.4, 0.5) is 0 Å². The number of rotatable bonds is 4. The van der Waals surface area contributed by atoms with Gasteiger partial charge in [0.15, 0.2) is 9.84 Å². The SMILES string of the molecule is CC(C)(CCN1CCCS(=O)(=O)CC1)C(N)=NO. The van der Waals surface area contributed by atoms with Crippen molar-refractivity contribution < 1.29 is 13.6 Å². The largest absolute Gasteiger partial charge is 0.409 e. The summed E-state index contributed by atoms with van der Waals surface area (Å²) < 4.78 is 22.9. The van der Waals surface area contributed by atoms with Crippen LogP contribution >= 0.6 is 0 Å². The van der Waals surface area contributed by atoms with Crippen LogP contribution in [0.5, 0.6) is 0 Å². The molecular formula is C11H23N3O3S. The first kappa shape index (κ1) is 15.2. The van der Waals surface area contributed by atoms with E-state index < -0.39 is 9.84 Å². The molecular weight excluding hydrogens is 254 g/mol. The van der Waals surface area contributed by atoms with E-state index >= 15 is 0 Å². The monoisotopic (exact) mass is 277 g/mol. The smallest absolute Gasteiger partial charge is 0.151 e. The Bertz CT molecular complexity index is 404. The Hall–Kier alpha value is -0.820. The van der Waals surface area contributed by atoms with Gasteiger partial charge in [-0.25, -0.2) is 8.42 Å². The lowest BCUT2D eigenvalue weighted by Gasteiger charge is -2.27. The normalized spacial score (nSPS) is 22.7. The first-order valence-corrected chi connectivity index (χ1v) is 8.00. The Balaban J connectivity index is 2.49. The fraction of sp³-hybridized carbons (Fsp3) is 0.909. The number of nitrogens with zero attached hydrogens (tertiary/aromatic N) is 2. The first-order chi connectivity index (χ1) is 8.27. The van der Waals surface area contributed by atoms with Gasteiger partial charge < -0.3 is 15.8 Å². The molecule has 1 fully saturated rings. The molecule has 3 N–H and O–H groups in total. The van der Waals surface area contributed by atoms with Crippen LogP contribution in [0.3, 0.4) is 0 Å². The molecule has 0 spiro atoms. The Kier molecular flexibility index (Phi) is 4.98. The molecule has 7 heteroatoms. The van der Waals surface area contributed by atoms with Gasteiger partial charge in [0.2, 0.25) is 0 Å². The van der Waals surface area contributed by atoms with Crippen molar-refractivity contribution in [3.05, 3.63) is 0 Å². The third-order valence-corrected chi connectivity index (χ3v) is 5.22. The Labute approximate surface area is 109 Å². The molecule has 0 aromatic heterocycles. The number of oxime groups is 1. The molecule has 1 heterocycles. The van der Waals surface area contributed by atoms with Crippen molar-refractivity contribution in [1.82, 2.24) is 4.90 Å². The van der Waals surface area contributed by atoms with Crippen LogP contribution in [0, 0.1) is 5.41 Å². The molecule has 0 bridgehead atoms.